The maximum absolute atomic E-state index is 12.6. The molecule has 42 heavy (non-hydrogen) atoms. The van der Waals surface area contributed by atoms with Gasteiger partial charge in [-0.2, -0.15) is 0 Å². The summed E-state index contributed by atoms with van der Waals surface area (Å²) in [7, 11) is 0. The molecular formula is C38H56O4. The summed E-state index contributed by atoms with van der Waals surface area (Å²) in [4.78, 5) is 12.6. The van der Waals surface area contributed by atoms with Gasteiger partial charge in [-0.3, -0.25) is 4.79 Å². The average Bonchev–Trinajstić information content (AvgIpc) is 3.54. The first kappa shape index (κ1) is 31.4. The van der Waals surface area contributed by atoms with Crippen molar-refractivity contribution < 1.29 is 19.1 Å². The highest BCUT2D eigenvalue weighted by Gasteiger charge is 2.65. The highest BCUT2D eigenvalue weighted by molar-refractivity contribution is 5.69. The largest absolute Gasteiger partial charge is 0.465 e. The minimum atomic E-state index is -0.870. The van der Waals surface area contributed by atoms with Crippen LogP contribution in [0.1, 0.15) is 147 Å². The first-order valence-corrected chi connectivity index (χ1v) is 17.3. The van der Waals surface area contributed by atoms with E-state index >= 15 is 0 Å². The van der Waals surface area contributed by atoms with E-state index in [1.165, 1.54) is 50.5 Å². The number of esters is 1. The Kier molecular flexibility index (Phi) is 10.6. The molecule has 0 amide bonds. The van der Waals surface area contributed by atoms with E-state index in [9.17, 15) is 9.90 Å². The van der Waals surface area contributed by atoms with Crippen molar-refractivity contribution in [1.29, 1.82) is 0 Å². The molecule has 1 aromatic heterocycles. The predicted molar refractivity (Wildman–Crippen MR) is 171 cm³/mol. The number of unbranched alkanes of at least 4 members (excludes halogenated alkanes) is 8. The van der Waals surface area contributed by atoms with Gasteiger partial charge in [-0.25, -0.2) is 0 Å². The third-order valence-corrected chi connectivity index (χ3v) is 11.6. The van der Waals surface area contributed by atoms with Gasteiger partial charge in [0, 0.05) is 12.0 Å². The van der Waals surface area contributed by atoms with Gasteiger partial charge in [-0.05, 0) is 118 Å². The molecule has 6 atom stereocenters. The molecule has 0 radical (unpaired) electrons. The third-order valence-electron chi connectivity index (χ3n) is 11.6. The summed E-state index contributed by atoms with van der Waals surface area (Å²) < 4.78 is 11.5. The summed E-state index contributed by atoms with van der Waals surface area (Å²) in [5, 5.41) is 11.8. The van der Waals surface area contributed by atoms with Crippen molar-refractivity contribution in [3.05, 3.63) is 54.0 Å². The summed E-state index contributed by atoms with van der Waals surface area (Å²) in [5.41, 5.74) is 0.752. The van der Waals surface area contributed by atoms with Crippen molar-refractivity contribution in [2.45, 2.75) is 141 Å². The third kappa shape index (κ3) is 6.85. The molecule has 232 valence electrons. The van der Waals surface area contributed by atoms with E-state index in [4.69, 9.17) is 9.15 Å². The van der Waals surface area contributed by atoms with E-state index in [-0.39, 0.29) is 29.3 Å². The fourth-order valence-electron chi connectivity index (χ4n) is 9.40. The quantitative estimate of drug-likeness (QED) is 0.121. The molecule has 1 spiro atoms. The van der Waals surface area contributed by atoms with Gasteiger partial charge in [0.1, 0.15) is 18.0 Å². The predicted octanol–water partition coefficient (Wildman–Crippen LogP) is 10.1. The lowest BCUT2D eigenvalue weighted by Gasteiger charge is -2.58. The Bertz CT molecular complexity index is 1110. The van der Waals surface area contributed by atoms with Gasteiger partial charge < -0.3 is 14.3 Å². The average molecular weight is 577 g/mol. The molecule has 3 fully saturated rings. The zero-order valence-electron chi connectivity index (χ0n) is 26.5. The normalized spacial score (nSPS) is 33.2. The zero-order chi connectivity index (χ0) is 29.5. The number of fused-ring (bicyclic) bond motifs is 5. The van der Waals surface area contributed by atoms with Gasteiger partial charge in [-0.15, -0.1) is 0 Å². The molecule has 3 saturated carbocycles. The second kappa shape index (κ2) is 14.1. The molecule has 0 saturated heterocycles. The van der Waals surface area contributed by atoms with Crippen molar-refractivity contribution in [3.8, 4) is 0 Å². The number of ether oxygens (including phenoxy) is 1. The molecule has 1 N–H and O–H groups in total. The van der Waals surface area contributed by atoms with Crippen LogP contribution in [0.15, 0.2) is 47.1 Å². The monoisotopic (exact) mass is 576 g/mol. The minimum Gasteiger partial charge on any atom is -0.465 e. The minimum absolute atomic E-state index is 0.100. The fraction of sp³-hybridized carbons (Fsp3) is 0.711. The first-order valence-electron chi connectivity index (χ1n) is 17.3. The molecule has 4 aliphatic rings. The molecule has 0 aromatic carbocycles. The molecule has 4 heteroatoms. The summed E-state index contributed by atoms with van der Waals surface area (Å²) in [6.07, 6.45) is 35.3. The van der Waals surface area contributed by atoms with E-state index < -0.39 is 5.60 Å². The maximum atomic E-state index is 12.6. The molecule has 5 rings (SSSR count). The Morgan fingerprint density at radius 1 is 1.02 bits per heavy atom. The Hall–Kier alpha value is -2.07. The summed E-state index contributed by atoms with van der Waals surface area (Å²) in [6.45, 7) is 4.86. The number of hydrogen-bond donors (Lipinski definition) is 1. The lowest BCUT2D eigenvalue weighted by molar-refractivity contribution is -0.154. The number of allylic oxidation sites excluding steroid dienone is 5. The Morgan fingerprint density at radius 2 is 1.79 bits per heavy atom. The maximum Gasteiger partial charge on any atom is 0.305 e. The number of carbonyl (C=O) groups excluding carboxylic acids is 1. The van der Waals surface area contributed by atoms with E-state index in [0.29, 0.717) is 18.3 Å². The van der Waals surface area contributed by atoms with Crippen LogP contribution < -0.4 is 0 Å². The van der Waals surface area contributed by atoms with Crippen LogP contribution in [-0.4, -0.2) is 23.3 Å². The molecule has 4 aliphatic carbocycles. The summed E-state index contributed by atoms with van der Waals surface area (Å²) >= 11 is 0. The Morgan fingerprint density at radius 3 is 2.60 bits per heavy atom. The number of aliphatic hydroxyl groups is 1. The Labute approximate surface area is 255 Å². The highest BCUT2D eigenvalue weighted by Crippen LogP contribution is 2.71. The first-order chi connectivity index (χ1) is 20.4. The van der Waals surface area contributed by atoms with Gasteiger partial charge in [0.25, 0.3) is 0 Å². The van der Waals surface area contributed by atoms with Gasteiger partial charge in [0.2, 0.25) is 0 Å². The van der Waals surface area contributed by atoms with Crippen molar-refractivity contribution in [2.75, 3.05) is 6.61 Å². The van der Waals surface area contributed by atoms with Crippen LogP contribution in [0.25, 0.3) is 6.08 Å². The van der Waals surface area contributed by atoms with Crippen LogP contribution in [0.2, 0.25) is 0 Å². The molecule has 2 bridgehead atoms. The Balaban J connectivity index is 0.976. The summed E-state index contributed by atoms with van der Waals surface area (Å²) in [6, 6.07) is 2.17. The molecule has 1 aromatic rings. The van der Waals surface area contributed by atoms with Gasteiger partial charge in [-0.1, -0.05) is 76.3 Å². The fourth-order valence-corrected chi connectivity index (χ4v) is 9.40. The number of carbonyl (C=O) groups is 1. The van der Waals surface area contributed by atoms with E-state index in [1.54, 1.807) is 0 Å². The van der Waals surface area contributed by atoms with Gasteiger partial charge in [0.15, 0.2) is 0 Å². The lowest BCUT2D eigenvalue weighted by atomic mass is 9.46. The van der Waals surface area contributed by atoms with Crippen LogP contribution in [0.3, 0.4) is 0 Å². The molecule has 1 unspecified atom stereocenters. The molecule has 0 aliphatic heterocycles. The van der Waals surface area contributed by atoms with Crippen molar-refractivity contribution in [3.63, 3.8) is 0 Å². The number of rotatable bonds is 16. The van der Waals surface area contributed by atoms with Crippen molar-refractivity contribution in [2.24, 2.45) is 22.7 Å². The van der Waals surface area contributed by atoms with Crippen LogP contribution >= 0.6 is 0 Å². The van der Waals surface area contributed by atoms with Gasteiger partial charge >= 0.3 is 5.97 Å². The van der Waals surface area contributed by atoms with E-state index in [0.717, 1.165) is 70.0 Å². The molecule has 4 nitrogen and oxygen atoms in total. The van der Waals surface area contributed by atoms with Crippen LogP contribution in [0, 0.1) is 22.7 Å². The second-order valence-corrected chi connectivity index (χ2v) is 14.3. The second-order valence-electron chi connectivity index (χ2n) is 14.3. The standard InChI is InChI=1S/C38H56O4/c1-3-4-5-6-7-8-9-10-11-12-13-14-15-16-17-18-35(39)42-29-38(40)28-37-25-21-32-31-23-26-41-33(31)22-24-36(32,2)34(37)20-19-30(38)27-37/h7-8,10-11,22-24,26,30,32,34,40H,3-6,9,12-21,25,27-29H2,1-2H3/b8-7-,11-10-/t30-,32-,34?,36-,37-,38+/m0/s1. The lowest BCUT2D eigenvalue weighted by Crippen LogP contribution is -2.49. The van der Waals surface area contributed by atoms with Crippen LogP contribution in [0.5, 0.6) is 0 Å². The van der Waals surface area contributed by atoms with Crippen LogP contribution in [-0.2, 0) is 9.53 Å². The molecular weight excluding hydrogens is 520 g/mol. The van der Waals surface area contributed by atoms with Crippen molar-refractivity contribution >= 4 is 12.0 Å². The number of hydrogen-bond acceptors (Lipinski definition) is 4. The van der Waals surface area contributed by atoms with Gasteiger partial charge in [0.05, 0.1) is 6.26 Å². The van der Waals surface area contributed by atoms with E-state index in [1.807, 2.05) is 6.26 Å². The number of furan rings is 1. The summed E-state index contributed by atoms with van der Waals surface area (Å²) in [5.74, 6) is 2.19. The van der Waals surface area contributed by atoms with E-state index in [2.05, 4.69) is 56.4 Å². The SMILES string of the molecule is CCCCC/C=C\C/C=C\CCCCCCCC(=O)OC[C@]1(O)C[C@@]23CC[C@H]4c5ccoc5C=C[C@]4(C)C2CC[C@H]1C3. The topological polar surface area (TPSA) is 59.7 Å². The zero-order valence-corrected chi connectivity index (χ0v) is 26.5. The van der Waals surface area contributed by atoms with Crippen LogP contribution in [0.4, 0.5) is 0 Å². The molecule has 1 heterocycles. The van der Waals surface area contributed by atoms with Crippen molar-refractivity contribution in [1.82, 2.24) is 0 Å². The highest BCUT2D eigenvalue weighted by atomic mass is 16.5. The smallest absolute Gasteiger partial charge is 0.305 e.